The lowest BCUT2D eigenvalue weighted by atomic mass is 10.1. The van der Waals surface area contributed by atoms with E-state index in [-0.39, 0.29) is 24.7 Å². The Labute approximate surface area is 116 Å². The number of benzene rings is 1. The molecular weight excluding hydrogens is 281 g/mol. The number of carbonyl (C=O) groups is 1. The smallest absolute Gasteiger partial charge is 0.355 e. The Balaban J connectivity index is 0.00000324. The summed E-state index contributed by atoms with van der Waals surface area (Å²) in [5.41, 5.74) is -0.380. The van der Waals surface area contributed by atoms with Crippen molar-refractivity contribution in [3.05, 3.63) is 35.4 Å². The molecule has 108 valence electrons. The van der Waals surface area contributed by atoms with Crippen molar-refractivity contribution in [3.63, 3.8) is 0 Å². The van der Waals surface area contributed by atoms with Gasteiger partial charge in [0.15, 0.2) is 0 Å². The number of hydrogen-bond acceptors (Lipinski definition) is 2. The summed E-state index contributed by atoms with van der Waals surface area (Å²) >= 11 is 0. The Morgan fingerprint density at radius 1 is 1.26 bits per heavy atom. The lowest BCUT2D eigenvalue weighted by Gasteiger charge is -2.09. The summed E-state index contributed by atoms with van der Waals surface area (Å²) in [7, 11) is 1.75. The van der Waals surface area contributed by atoms with Crippen LogP contribution in [0.25, 0.3) is 0 Å². The molecule has 19 heavy (non-hydrogen) atoms. The molecule has 3 nitrogen and oxygen atoms in total. The van der Waals surface area contributed by atoms with E-state index in [1.807, 2.05) is 0 Å². The molecule has 0 saturated heterocycles. The van der Waals surface area contributed by atoms with Crippen LogP contribution in [0, 0.1) is 0 Å². The predicted octanol–water partition coefficient (Wildman–Crippen LogP) is 2.01. The SMILES string of the molecule is CNCCNC(=O)Cc1cccc(C(F)(F)F)c1.Cl. The molecule has 0 aromatic heterocycles. The van der Waals surface area contributed by atoms with Gasteiger partial charge in [-0.05, 0) is 18.7 Å². The van der Waals surface area contributed by atoms with Gasteiger partial charge in [0.25, 0.3) is 0 Å². The summed E-state index contributed by atoms with van der Waals surface area (Å²) in [5.74, 6) is -0.287. The molecule has 1 amide bonds. The minimum absolute atomic E-state index is 0. The monoisotopic (exact) mass is 296 g/mol. The first-order valence-electron chi connectivity index (χ1n) is 5.51. The minimum atomic E-state index is -4.38. The topological polar surface area (TPSA) is 41.1 Å². The van der Waals surface area contributed by atoms with E-state index in [1.54, 1.807) is 7.05 Å². The highest BCUT2D eigenvalue weighted by Gasteiger charge is 2.30. The van der Waals surface area contributed by atoms with Crippen LogP contribution in [0.5, 0.6) is 0 Å². The first-order valence-corrected chi connectivity index (χ1v) is 5.51. The number of halogens is 4. The van der Waals surface area contributed by atoms with Crippen LogP contribution in [0.3, 0.4) is 0 Å². The molecule has 7 heteroatoms. The second-order valence-electron chi connectivity index (χ2n) is 3.83. The van der Waals surface area contributed by atoms with E-state index in [0.717, 1.165) is 12.1 Å². The average Bonchev–Trinajstić information content (AvgIpc) is 2.28. The molecule has 0 spiro atoms. The van der Waals surface area contributed by atoms with E-state index >= 15 is 0 Å². The van der Waals surface area contributed by atoms with Crippen LogP contribution in [0.1, 0.15) is 11.1 Å². The normalized spacial score (nSPS) is 10.7. The summed E-state index contributed by atoms with van der Waals surface area (Å²) in [6, 6.07) is 4.80. The Morgan fingerprint density at radius 3 is 2.53 bits per heavy atom. The number of carbonyl (C=O) groups excluding carboxylic acids is 1. The van der Waals surface area contributed by atoms with Gasteiger partial charge in [-0.3, -0.25) is 4.79 Å². The number of hydrogen-bond donors (Lipinski definition) is 2. The second-order valence-corrected chi connectivity index (χ2v) is 3.83. The maximum absolute atomic E-state index is 12.4. The fourth-order valence-electron chi connectivity index (χ4n) is 1.43. The highest BCUT2D eigenvalue weighted by Crippen LogP contribution is 2.29. The van der Waals surface area contributed by atoms with Crippen LogP contribution in [0.4, 0.5) is 13.2 Å². The fraction of sp³-hybridized carbons (Fsp3) is 0.417. The number of nitrogens with one attached hydrogen (secondary N) is 2. The van der Waals surface area contributed by atoms with Crippen molar-refractivity contribution in [1.82, 2.24) is 10.6 Å². The largest absolute Gasteiger partial charge is 0.416 e. The molecule has 1 aromatic carbocycles. The minimum Gasteiger partial charge on any atom is -0.355 e. The van der Waals surface area contributed by atoms with E-state index in [4.69, 9.17) is 0 Å². The second kappa shape index (κ2) is 8.01. The first kappa shape index (κ1) is 17.7. The van der Waals surface area contributed by atoms with Crippen molar-refractivity contribution in [2.75, 3.05) is 20.1 Å². The van der Waals surface area contributed by atoms with Crippen LogP contribution in [0.15, 0.2) is 24.3 Å². The van der Waals surface area contributed by atoms with Gasteiger partial charge in [-0.2, -0.15) is 13.2 Å². The number of amides is 1. The van der Waals surface area contributed by atoms with Gasteiger partial charge >= 0.3 is 6.18 Å². The molecule has 2 N–H and O–H groups in total. The summed E-state index contributed by atoms with van der Waals surface area (Å²) in [5, 5.41) is 5.46. The lowest BCUT2D eigenvalue weighted by Crippen LogP contribution is -2.31. The van der Waals surface area contributed by atoms with Gasteiger partial charge in [0.05, 0.1) is 12.0 Å². The van der Waals surface area contributed by atoms with E-state index in [2.05, 4.69) is 10.6 Å². The molecule has 0 atom stereocenters. The summed E-state index contributed by atoms with van der Waals surface area (Å²) in [6.45, 7) is 1.07. The summed E-state index contributed by atoms with van der Waals surface area (Å²) in [4.78, 5) is 11.4. The number of rotatable bonds is 5. The molecule has 1 rings (SSSR count). The van der Waals surface area contributed by atoms with Crippen LogP contribution in [-0.2, 0) is 17.4 Å². The molecule has 0 saturated carbocycles. The van der Waals surface area contributed by atoms with E-state index in [1.165, 1.54) is 12.1 Å². The Bertz CT molecular complexity index is 410. The molecule has 0 bridgehead atoms. The molecular formula is C12H16ClF3N2O. The molecule has 0 heterocycles. The first-order chi connectivity index (χ1) is 8.43. The zero-order valence-corrected chi connectivity index (χ0v) is 11.2. The quantitative estimate of drug-likeness (QED) is 0.816. The number of likely N-dealkylation sites (N-methyl/N-ethyl adjacent to an activating group) is 1. The van der Waals surface area contributed by atoms with E-state index in [9.17, 15) is 18.0 Å². The van der Waals surface area contributed by atoms with Gasteiger partial charge in [-0.1, -0.05) is 18.2 Å². The molecule has 0 unspecified atom stereocenters. The maximum Gasteiger partial charge on any atom is 0.416 e. The third kappa shape index (κ3) is 6.45. The molecule has 0 aliphatic rings. The summed E-state index contributed by atoms with van der Waals surface area (Å²) in [6.07, 6.45) is -4.42. The zero-order valence-electron chi connectivity index (χ0n) is 10.4. The van der Waals surface area contributed by atoms with Gasteiger partial charge in [-0.15, -0.1) is 12.4 Å². The maximum atomic E-state index is 12.4. The van der Waals surface area contributed by atoms with Crippen LogP contribution in [-0.4, -0.2) is 26.0 Å². The van der Waals surface area contributed by atoms with Crippen LogP contribution in [0.2, 0.25) is 0 Å². The van der Waals surface area contributed by atoms with Crippen LogP contribution < -0.4 is 10.6 Å². The average molecular weight is 297 g/mol. The number of alkyl halides is 3. The highest BCUT2D eigenvalue weighted by atomic mass is 35.5. The molecule has 0 aliphatic heterocycles. The predicted molar refractivity (Wildman–Crippen MR) is 69.3 cm³/mol. The third-order valence-corrected chi connectivity index (χ3v) is 2.32. The van der Waals surface area contributed by atoms with Crippen molar-refractivity contribution in [1.29, 1.82) is 0 Å². The molecule has 0 fully saturated rings. The highest BCUT2D eigenvalue weighted by molar-refractivity contribution is 5.85. The lowest BCUT2D eigenvalue weighted by molar-refractivity contribution is -0.137. The fourth-order valence-corrected chi connectivity index (χ4v) is 1.43. The molecule has 1 aromatic rings. The Morgan fingerprint density at radius 2 is 1.95 bits per heavy atom. The van der Waals surface area contributed by atoms with Crippen molar-refractivity contribution in [2.24, 2.45) is 0 Å². The van der Waals surface area contributed by atoms with Crippen molar-refractivity contribution in [3.8, 4) is 0 Å². The Kier molecular flexibility index (Phi) is 7.48. The van der Waals surface area contributed by atoms with Gasteiger partial charge < -0.3 is 10.6 Å². The van der Waals surface area contributed by atoms with Gasteiger partial charge in [0, 0.05) is 13.1 Å². The summed E-state index contributed by atoms with van der Waals surface area (Å²) < 4.78 is 37.3. The molecule has 0 aliphatic carbocycles. The van der Waals surface area contributed by atoms with Gasteiger partial charge in [0.2, 0.25) is 5.91 Å². The van der Waals surface area contributed by atoms with Crippen LogP contribution >= 0.6 is 12.4 Å². The zero-order chi connectivity index (χ0) is 13.6. The van der Waals surface area contributed by atoms with E-state index < -0.39 is 11.7 Å². The van der Waals surface area contributed by atoms with Gasteiger partial charge in [0.1, 0.15) is 0 Å². The van der Waals surface area contributed by atoms with Crippen molar-refractivity contribution < 1.29 is 18.0 Å². The van der Waals surface area contributed by atoms with Crippen molar-refractivity contribution >= 4 is 18.3 Å². The third-order valence-electron chi connectivity index (χ3n) is 2.32. The van der Waals surface area contributed by atoms with E-state index in [0.29, 0.717) is 18.7 Å². The van der Waals surface area contributed by atoms with Crippen molar-refractivity contribution in [2.45, 2.75) is 12.6 Å². The molecule has 0 radical (unpaired) electrons. The van der Waals surface area contributed by atoms with Gasteiger partial charge in [-0.25, -0.2) is 0 Å². The standard InChI is InChI=1S/C12H15F3N2O.ClH/c1-16-5-6-17-11(18)8-9-3-2-4-10(7-9)12(13,14)15;/h2-4,7,16H,5-6,8H2,1H3,(H,17,18);1H. The Hall–Kier alpha value is -1.27.